The summed E-state index contributed by atoms with van der Waals surface area (Å²) in [6.45, 7) is 4.59. The van der Waals surface area contributed by atoms with E-state index in [9.17, 15) is 19.5 Å². The van der Waals surface area contributed by atoms with Gasteiger partial charge in [-0.05, 0) is 73.7 Å². The predicted octanol–water partition coefficient (Wildman–Crippen LogP) is 3.76. The van der Waals surface area contributed by atoms with Crippen molar-refractivity contribution in [2.24, 2.45) is 46.3 Å². The Morgan fingerprint density at radius 3 is 2.62 bits per heavy atom. The van der Waals surface area contributed by atoms with Gasteiger partial charge in [0.1, 0.15) is 5.60 Å². The molecule has 1 spiro atoms. The predicted molar refractivity (Wildman–Crippen MR) is 104 cm³/mol. The SMILES string of the molecule is C[C@]12CCC(=O)C=C1C[C@@H](C(=O)O)C1C2CC[C@@]2(C)C1[C@@H]1C[C@@H]1[C@]21CCC(=O)O1. The summed E-state index contributed by atoms with van der Waals surface area (Å²) in [4.78, 5) is 36.7. The van der Waals surface area contributed by atoms with Crippen LogP contribution in [0.15, 0.2) is 11.6 Å². The number of carboxylic acid groups (broad SMARTS) is 1. The molecule has 6 aliphatic rings. The molecule has 0 aromatic heterocycles. The number of carbonyl (C=O) groups excluding carboxylic acids is 2. The van der Waals surface area contributed by atoms with Gasteiger partial charge < -0.3 is 9.84 Å². The minimum absolute atomic E-state index is 0.0572. The molecule has 29 heavy (non-hydrogen) atoms. The van der Waals surface area contributed by atoms with Crippen molar-refractivity contribution in [3.05, 3.63) is 11.6 Å². The average Bonchev–Trinajstić information content (AvgIpc) is 3.30. The van der Waals surface area contributed by atoms with Crippen molar-refractivity contribution in [3.63, 3.8) is 0 Å². The van der Waals surface area contributed by atoms with Crippen molar-refractivity contribution < 1.29 is 24.2 Å². The second-order valence-corrected chi connectivity index (χ2v) is 11.2. The maximum Gasteiger partial charge on any atom is 0.307 e. The molecule has 6 rings (SSSR count). The zero-order valence-electron chi connectivity index (χ0n) is 17.3. The molecule has 1 aliphatic heterocycles. The molecular formula is C24H30O5. The lowest BCUT2D eigenvalue weighted by molar-refractivity contribution is -0.185. The summed E-state index contributed by atoms with van der Waals surface area (Å²) in [5.41, 5.74) is 0.563. The average molecular weight is 398 g/mol. The number of carboxylic acids is 1. The van der Waals surface area contributed by atoms with Gasteiger partial charge in [0.05, 0.1) is 5.92 Å². The monoisotopic (exact) mass is 398 g/mol. The summed E-state index contributed by atoms with van der Waals surface area (Å²) in [5.74, 6) is 0.611. The summed E-state index contributed by atoms with van der Waals surface area (Å²) in [6.07, 6.45) is 8.10. The van der Waals surface area contributed by atoms with Gasteiger partial charge in [0.25, 0.3) is 0 Å². The molecule has 0 aromatic carbocycles. The number of fused-ring (bicyclic) bond motifs is 9. The van der Waals surface area contributed by atoms with Gasteiger partial charge in [0.15, 0.2) is 5.78 Å². The topological polar surface area (TPSA) is 80.7 Å². The number of ketones is 1. The van der Waals surface area contributed by atoms with Crippen LogP contribution in [0.4, 0.5) is 0 Å². The van der Waals surface area contributed by atoms with Crippen LogP contribution >= 0.6 is 0 Å². The van der Waals surface area contributed by atoms with E-state index in [1.807, 2.05) is 0 Å². The third kappa shape index (κ3) is 2.00. The Kier molecular flexibility index (Phi) is 3.34. The minimum Gasteiger partial charge on any atom is -0.481 e. The van der Waals surface area contributed by atoms with Gasteiger partial charge in [-0.3, -0.25) is 14.4 Å². The molecule has 4 saturated carbocycles. The van der Waals surface area contributed by atoms with Gasteiger partial charge in [0, 0.05) is 24.2 Å². The lowest BCUT2D eigenvalue weighted by Gasteiger charge is -2.61. The van der Waals surface area contributed by atoms with Crippen LogP contribution in [0.1, 0.15) is 65.2 Å². The molecule has 9 atom stereocenters. The number of hydrogen-bond acceptors (Lipinski definition) is 4. The number of allylic oxidation sites excluding steroid dienone is 1. The summed E-state index contributed by atoms with van der Waals surface area (Å²) in [7, 11) is 0. The van der Waals surface area contributed by atoms with Gasteiger partial charge in [0.2, 0.25) is 0 Å². The van der Waals surface area contributed by atoms with E-state index in [4.69, 9.17) is 4.74 Å². The molecule has 0 amide bonds. The van der Waals surface area contributed by atoms with Crippen molar-refractivity contribution in [1.82, 2.24) is 0 Å². The number of carbonyl (C=O) groups is 3. The zero-order valence-corrected chi connectivity index (χ0v) is 17.3. The number of ether oxygens (including phenoxy) is 1. The molecule has 1 heterocycles. The van der Waals surface area contributed by atoms with Crippen LogP contribution in [0.5, 0.6) is 0 Å². The van der Waals surface area contributed by atoms with Gasteiger partial charge in [-0.25, -0.2) is 0 Å². The first-order valence-electron chi connectivity index (χ1n) is 11.4. The van der Waals surface area contributed by atoms with E-state index in [0.29, 0.717) is 42.9 Å². The smallest absolute Gasteiger partial charge is 0.307 e. The Bertz CT molecular complexity index is 874. The number of esters is 1. The van der Waals surface area contributed by atoms with Crippen molar-refractivity contribution >= 4 is 17.7 Å². The molecule has 1 N–H and O–H groups in total. The normalized spacial score (nSPS) is 54.8. The highest BCUT2D eigenvalue weighted by molar-refractivity contribution is 5.92. The van der Waals surface area contributed by atoms with E-state index in [0.717, 1.165) is 37.7 Å². The first-order chi connectivity index (χ1) is 13.7. The molecule has 3 unspecified atom stereocenters. The highest BCUT2D eigenvalue weighted by Gasteiger charge is 2.79. The Morgan fingerprint density at radius 1 is 1.14 bits per heavy atom. The summed E-state index contributed by atoms with van der Waals surface area (Å²) >= 11 is 0. The molecule has 5 nitrogen and oxygen atoms in total. The maximum absolute atomic E-state index is 12.5. The Morgan fingerprint density at radius 2 is 1.93 bits per heavy atom. The van der Waals surface area contributed by atoms with Crippen molar-refractivity contribution in [1.29, 1.82) is 0 Å². The van der Waals surface area contributed by atoms with E-state index in [1.165, 1.54) is 0 Å². The quantitative estimate of drug-likeness (QED) is 0.680. The van der Waals surface area contributed by atoms with Crippen molar-refractivity contribution in [2.75, 3.05) is 0 Å². The standard InChI is InChI=1S/C24H30O5/c1-22-6-3-13(25)9-12(22)10-15(21(27)28)19-16(22)4-7-23(2)20(19)14-11-17(14)24(23)8-5-18(26)29-24/h9,14-17,19-20H,3-8,10-11H2,1-2H3,(H,27,28)/t14-,15-,16?,17+,19?,20?,22+,23+,24-/m1/s1. The fraction of sp³-hybridized carbons (Fsp3) is 0.792. The van der Waals surface area contributed by atoms with Crippen molar-refractivity contribution in [3.8, 4) is 0 Å². The molecule has 5 fully saturated rings. The fourth-order valence-corrected chi connectivity index (χ4v) is 9.16. The number of rotatable bonds is 1. The molecule has 1 saturated heterocycles. The third-order valence-electron chi connectivity index (χ3n) is 10.5. The molecule has 0 bridgehead atoms. The van der Waals surface area contributed by atoms with Crippen LogP contribution in [-0.4, -0.2) is 28.4 Å². The molecule has 0 aromatic rings. The van der Waals surface area contributed by atoms with Crippen LogP contribution in [-0.2, 0) is 19.1 Å². The van der Waals surface area contributed by atoms with Crippen LogP contribution in [0.25, 0.3) is 0 Å². The Labute approximate surface area is 171 Å². The van der Waals surface area contributed by atoms with Crippen LogP contribution < -0.4 is 0 Å². The fourth-order valence-electron chi connectivity index (χ4n) is 9.16. The van der Waals surface area contributed by atoms with E-state index >= 15 is 0 Å². The van der Waals surface area contributed by atoms with E-state index in [-0.39, 0.29) is 34.1 Å². The lowest BCUT2D eigenvalue weighted by Crippen LogP contribution is -2.59. The molecule has 156 valence electrons. The van der Waals surface area contributed by atoms with E-state index in [2.05, 4.69) is 13.8 Å². The van der Waals surface area contributed by atoms with Gasteiger partial charge >= 0.3 is 11.9 Å². The highest BCUT2D eigenvalue weighted by atomic mass is 16.6. The largest absolute Gasteiger partial charge is 0.481 e. The molecule has 5 aliphatic carbocycles. The van der Waals surface area contributed by atoms with Crippen LogP contribution in [0.2, 0.25) is 0 Å². The molecule has 0 radical (unpaired) electrons. The third-order valence-corrected chi connectivity index (χ3v) is 10.5. The first kappa shape index (κ1) is 18.1. The first-order valence-corrected chi connectivity index (χ1v) is 11.4. The lowest BCUT2D eigenvalue weighted by atomic mass is 9.43. The van der Waals surface area contributed by atoms with Gasteiger partial charge in [-0.15, -0.1) is 0 Å². The molecule has 5 heteroatoms. The second-order valence-electron chi connectivity index (χ2n) is 11.2. The number of aliphatic carboxylic acids is 1. The van der Waals surface area contributed by atoms with E-state index in [1.54, 1.807) is 6.08 Å². The summed E-state index contributed by atoms with van der Waals surface area (Å²) in [6, 6.07) is 0. The van der Waals surface area contributed by atoms with Crippen LogP contribution in [0.3, 0.4) is 0 Å². The van der Waals surface area contributed by atoms with Crippen LogP contribution in [0, 0.1) is 46.3 Å². The number of hydrogen-bond donors (Lipinski definition) is 1. The summed E-state index contributed by atoms with van der Waals surface area (Å²) in [5, 5.41) is 10.2. The highest BCUT2D eigenvalue weighted by Crippen LogP contribution is 2.79. The van der Waals surface area contributed by atoms with Gasteiger partial charge in [-0.1, -0.05) is 19.4 Å². The minimum atomic E-state index is -0.716. The Balaban J connectivity index is 1.46. The Hall–Kier alpha value is -1.65. The second kappa shape index (κ2) is 5.33. The molecular weight excluding hydrogens is 368 g/mol. The van der Waals surface area contributed by atoms with Gasteiger partial charge in [-0.2, -0.15) is 0 Å². The zero-order chi connectivity index (χ0) is 20.3. The van der Waals surface area contributed by atoms with Crippen molar-refractivity contribution in [2.45, 2.75) is 70.8 Å². The maximum atomic E-state index is 12.5. The van der Waals surface area contributed by atoms with E-state index < -0.39 is 11.9 Å². The summed E-state index contributed by atoms with van der Waals surface area (Å²) < 4.78 is 6.12.